The van der Waals surface area contributed by atoms with E-state index in [1.165, 1.54) is 17.8 Å². The number of nitrogens with zero attached hydrogens (tertiary/aromatic N) is 1. The summed E-state index contributed by atoms with van der Waals surface area (Å²) in [4.78, 5) is 28.3. The van der Waals surface area contributed by atoms with Crippen molar-refractivity contribution >= 4 is 11.8 Å². The number of primary amides is 1. The van der Waals surface area contributed by atoms with E-state index in [9.17, 15) is 9.59 Å². The molecule has 5 nitrogen and oxygen atoms in total. The summed E-state index contributed by atoms with van der Waals surface area (Å²) in [5, 5.41) is 0. The van der Waals surface area contributed by atoms with E-state index >= 15 is 0 Å². The number of nitrogens with one attached hydrogen (secondary N) is 1. The number of aromatic amines is 1. The van der Waals surface area contributed by atoms with Gasteiger partial charge in [0.25, 0.3) is 5.91 Å². The van der Waals surface area contributed by atoms with Gasteiger partial charge < -0.3 is 15.6 Å². The SMILES string of the molecule is CC1(c2ccccc2)CCN(C(=O)c2cc(C(N)=O)c[nH]2)C1. The zero-order valence-electron chi connectivity index (χ0n) is 12.5. The Balaban J connectivity index is 1.77. The average molecular weight is 297 g/mol. The highest BCUT2D eigenvalue weighted by Crippen LogP contribution is 2.34. The van der Waals surface area contributed by atoms with Crippen LogP contribution in [-0.2, 0) is 5.41 Å². The zero-order valence-corrected chi connectivity index (χ0v) is 12.5. The van der Waals surface area contributed by atoms with Gasteiger partial charge in [-0.25, -0.2) is 0 Å². The van der Waals surface area contributed by atoms with Crippen LogP contribution < -0.4 is 5.73 Å². The van der Waals surface area contributed by atoms with Crippen LogP contribution in [0.2, 0.25) is 0 Å². The monoisotopic (exact) mass is 297 g/mol. The van der Waals surface area contributed by atoms with Crippen molar-refractivity contribution in [2.45, 2.75) is 18.8 Å². The third kappa shape index (κ3) is 2.50. The van der Waals surface area contributed by atoms with Crippen LogP contribution in [-0.4, -0.2) is 34.8 Å². The quantitative estimate of drug-likeness (QED) is 0.907. The maximum atomic E-state index is 12.5. The van der Waals surface area contributed by atoms with E-state index in [0.717, 1.165) is 6.42 Å². The second kappa shape index (κ2) is 5.33. The fraction of sp³-hybridized carbons (Fsp3) is 0.294. The lowest BCUT2D eigenvalue weighted by molar-refractivity contribution is 0.0779. The minimum absolute atomic E-state index is 0.0317. The lowest BCUT2D eigenvalue weighted by Crippen LogP contribution is -2.33. The Morgan fingerprint density at radius 3 is 2.64 bits per heavy atom. The number of carbonyl (C=O) groups is 2. The van der Waals surface area contributed by atoms with Crippen molar-refractivity contribution in [1.82, 2.24) is 9.88 Å². The number of hydrogen-bond acceptors (Lipinski definition) is 2. The van der Waals surface area contributed by atoms with Crippen LogP contribution in [0.25, 0.3) is 0 Å². The Kier molecular flexibility index (Phi) is 3.48. The highest BCUT2D eigenvalue weighted by Gasteiger charge is 2.37. The van der Waals surface area contributed by atoms with Gasteiger partial charge in [-0.1, -0.05) is 37.3 Å². The fourth-order valence-electron chi connectivity index (χ4n) is 3.04. The van der Waals surface area contributed by atoms with E-state index in [-0.39, 0.29) is 11.3 Å². The number of carbonyl (C=O) groups excluding carboxylic acids is 2. The van der Waals surface area contributed by atoms with Crippen molar-refractivity contribution < 1.29 is 9.59 Å². The summed E-state index contributed by atoms with van der Waals surface area (Å²) in [6.45, 7) is 3.55. The Bertz CT molecular complexity index is 708. The second-order valence-corrected chi connectivity index (χ2v) is 6.07. The normalized spacial score (nSPS) is 21.0. The standard InChI is InChI=1S/C17H19N3O2/c1-17(13-5-3-2-4-6-13)7-8-20(11-17)16(22)14-9-12(10-19-14)15(18)21/h2-6,9-10,19H,7-8,11H2,1H3,(H2,18,21). The first kappa shape index (κ1) is 14.4. The Hall–Kier alpha value is -2.56. The Morgan fingerprint density at radius 1 is 1.27 bits per heavy atom. The van der Waals surface area contributed by atoms with Crippen molar-refractivity contribution in [2.24, 2.45) is 5.73 Å². The molecule has 114 valence electrons. The maximum Gasteiger partial charge on any atom is 0.270 e. The molecule has 0 aliphatic carbocycles. The summed E-state index contributed by atoms with van der Waals surface area (Å²) < 4.78 is 0. The van der Waals surface area contributed by atoms with Crippen molar-refractivity contribution in [3.05, 3.63) is 59.4 Å². The maximum absolute atomic E-state index is 12.5. The molecule has 0 bridgehead atoms. The van der Waals surface area contributed by atoms with Gasteiger partial charge in [-0.15, -0.1) is 0 Å². The second-order valence-electron chi connectivity index (χ2n) is 6.07. The number of benzene rings is 1. The molecule has 0 saturated carbocycles. The van der Waals surface area contributed by atoms with Crippen LogP contribution in [0.1, 0.15) is 39.8 Å². The highest BCUT2D eigenvalue weighted by atomic mass is 16.2. The molecule has 1 fully saturated rings. The summed E-state index contributed by atoms with van der Waals surface area (Å²) in [5.74, 6) is -0.627. The van der Waals surface area contributed by atoms with E-state index in [1.807, 2.05) is 23.1 Å². The molecule has 2 aromatic rings. The summed E-state index contributed by atoms with van der Waals surface area (Å²) in [5.41, 5.74) is 7.16. The molecule has 1 aromatic carbocycles. The molecule has 3 rings (SSSR count). The predicted molar refractivity (Wildman–Crippen MR) is 83.6 cm³/mol. The third-order valence-corrected chi connectivity index (χ3v) is 4.43. The number of rotatable bonds is 3. The van der Waals surface area contributed by atoms with E-state index in [0.29, 0.717) is 24.3 Å². The number of H-pyrrole nitrogens is 1. The van der Waals surface area contributed by atoms with Gasteiger partial charge in [-0.2, -0.15) is 0 Å². The first-order chi connectivity index (χ1) is 10.5. The molecular formula is C17H19N3O2. The van der Waals surface area contributed by atoms with Gasteiger partial charge in [0.2, 0.25) is 5.91 Å². The van der Waals surface area contributed by atoms with Crippen LogP contribution in [0.5, 0.6) is 0 Å². The number of likely N-dealkylation sites (tertiary alicyclic amines) is 1. The largest absolute Gasteiger partial charge is 0.366 e. The molecule has 3 N–H and O–H groups in total. The van der Waals surface area contributed by atoms with Gasteiger partial charge in [-0.3, -0.25) is 9.59 Å². The topological polar surface area (TPSA) is 79.2 Å². The smallest absolute Gasteiger partial charge is 0.270 e. The van der Waals surface area contributed by atoms with Crippen LogP contribution in [0, 0.1) is 0 Å². The molecule has 1 atom stereocenters. The number of amides is 2. The average Bonchev–Trinajstić information content (AvgIpc) is 3.15. The molecule has 1 saturated heterocycles. The molecule has 22 heavy (non-hydrogen) atoms. The molecule has 1 unspecified atom stereocenters. The lowest BCUT2D eigenvalue weighted by Gasteiger charge is -2.25. The third-order valence-electron chi connectivity index (χ3n) is 4.43. The number of nitrogens with two attached hydrogens (primary N) is 1. The van der Waals surface area contributed by atoms with Crippen LogP contribution in [0.4, 0.5) is 0 Å². The van der Waals surface area contributed by atoms with Gasteiger partial charge in [0.05, 0.1) is 5.56 Å². The van der Waals surface area contributed by atoms with Gasteiger partial charge in [0.1, 0.15) is 5.69 Å². The molecule has 1 aromatic heterocycles. The zero-order chi connectivity index (χ0) is 15.7. The van der Waals surface area contributed by atoms with Crippen molar-refractivity contribution in [3.8, 4) is 0 Å². The first-order valence-electron chi connectivity index (χ1n) is 7.33. The van der Waals surface area contributed by atoms with Crippen molar-refractivity contribution in [1.29, 1.82) is 0 Å². The van der Waals surface area contributed by atoms with Crippen LogP contribution in [0.3, 0.4) is 0 Å². The fourth-order valence-corrected chi connectivity index (χ4v) is 3.04. The van der Waals surface area contributed by atoms with E-state index in [2.05, 4.69) is 24.0 Å². The van der Waals surface area contributed by atoms with Gasteiger partial charge in [0, 0.05) is 24.7 Å². The number of aromatic nitrogens is 1. The summed E-state index contributed by atoms with van der Waals surface area (Å²) in [6.07, 6.45) is 2.40. The van der Waals surface area contributed by atoms with Gasteiger partial charge in [0.15, 0.2) is 0 Å². The predicted octanol–water partition coefficient (Wildman–Crippen LogP) is 1.92. The van der Waals surface area contributed by atoms with E-state index < -0.39 is 5.91 Å². The summed E-state index contributed by atoms with van der Waals surface area (Å²) in [6, 6.07) is 11.8. The minimum atomic E-state index is -0.536. The highest BCUT2D eigenvalue weighted by molar-refractivity contribution is 5.98. The van der Waals surface area contributed by atoms with Gasteiger partial charge >= 0.3 is 0 Å². The molecule has 1 aliphatic heterocycles. The molecule has 0 radical (unpaired) electrons. The molecule has 5 heteroatoms. The van der Waals surface area contributed by atoms with Crippen LogP contribution in [0.15, 0.2) is 42.6 Å². The van der Waals surface area contributed by atoms with Gasteiger partial charge in [-0.05, 0) is 18.1 Å². The summed E-state index contributed by atoms with van der Waals surface area (Å²) >= 11 is 0. The van der Waals surface area contributed by atoms with Crippen molar-refractivity contribution in [2.75, 3.05) is 13.1 Å². The molecule has 0 spiro atoms. The Labute approximate surface area is 129 Å². The minimum Gasteiger partial charge on any atom is -0.366 e. The van der Waals surface area contributed by atoms with Crippen molar-refractivity contribution in [3.63, 3.8) is 0 Å². The molecule has 1 aliphatic rings. The first-order valence-corrected chi connectivity index (χ1v) is 7.33. The lowest BCUT2D eigenvalue weighted by atomic mass is 9.82. The molecular weight excluding hydrogens is 278 g/mol. The Morgan fingerprint density at radius 2 is 2.00 bits per heavy atom. The molecule has 2 amide bonds. The summed E-state index contributed by atoms with van der Waals surface area (Å²) in [7, 11) is 0. The van der Waals surface area contributed by atoms with Crippen LogP contribution >= 0.6 is 0 Å². The van der Waals surface area contributed by atoms with E-state index in [1.54, 1.807) is 0 Å². The number of hydrogen-bond donors (Lipinski definition) is 2. The molecule has 2 heterocycles. The van der Waals surface area contributed by atoms with E-state index in [4.69, 9.17) is 5.73 Å².